The van der Waals surface area contributed by atoms with Gasteiger partial charge < -0.3 is 10.2 Å². The van der Waals surface area contributed by atoms with Crippen LogP contribution in [0.15, 0.2) is 72.8 Å². The lowest BCUT2D eigenvalue weighted by Gasteiger charge is -2.35. The fraction of sp³-hybridized carbons (Fsp3) is 0.333. The van der Waals surface area contributed by atoms with Crippen molar-refractivity contribution < 1.29 is 31.2 Å². The molecule has 0 radical (unpaired) electrons. The van der Waals surface area contributed by atoms with Crippen molar-refractivity contribution in [3.05, 3.63) is 99.5 Å². The normalized spacial score (nSPS) is 12.9. The first-order valence-corrected chi connectivity index (χ1v) is 15.7. The molecule has 1 atom stereocenters. The first kappa shape index (κ1) is 34.2. The number of halogens is 5. The predicted octanol–water partition coefficient (Wildman–Crippen LogP) is 6.33. The Kier molecular flexibility index (Phi) is 10.8. The first-order chi connectivity index (χ1) is 19.8. The van der Waals surface area contributed by atoms with E-state index >= 15 is 0 Å². The number of anilines is 1. The summed E-state index contributed by atoms with van der Waals surface area (Å²) in [6.45, 7) is 4.28. The van der Waals surface area contributed by atoms with Gasteiger partial charge in [-0.15, -0.1) is 0 Å². The van der Waals surface area contributed by atoms with Gasteiger partial charge in [0.2, 0.25) is 21.8 Å². The molecule has 0 spiro atoms. The van der Waals surface area contributed by atoms with Crippen LogP contribution in [0.1, 0.15) is 37.5 Å². The van der Waals surface area contributed by atoms with Crippen LogP contribution in [0.5, 0.6) is 0 Å². The fourth-order valence-corrected chi connectivity index (χ4v) is 5.45. The van der Waals surface area contributed by atoms with E-state index in [9.17, 15) is 31.2 Å². The summed E-state index contributed by atoms with van der Waals surface area (Å²) < 4.78 is 66.6. The Bertz CT molecular complexity index is 1560. The van der Waals surface area contributed by atoms with Crippen LogP contribution in [0.25, 0.3) is 0 Å². The third kappa shape index (κ3) is 9.87. The van der Waals surface area contributed by atoms with Gasteiger partial charge in [-0.05, 0) is 62.2 Å². The van der Waals surface area contributed by atoms with Gasteiger partial charge in [-0.2, -0.15) is 13.2 Å². The predicted molar refractivity (Wildman–Crippen MR) is 162 cm³/mol. The van der Waals surface area contributed by atoms with E-state index in [0.717, 1.165) is 24.0 Å². The number of rotatable bonds is 10. The fourth-order valence-electron chi connectivity index (χ4n) is 4.29. The maximum atomic E-state index is 14.1. The minimum absolute atomic E-state index is 0.0677. The summed E-state index contributed by atoms with van der Waals surface area (Å²) in [5.74, 6) is -1.33. The molecule has 2 amide bonds. The number of carbonyl (C=O) groups is 2. The van der Waals surface area contributed by atoms with Gasteiger partial charge in [0.15, 0.2) is 0 Å². The number of benzene rings is 3. The number of amides is 2. The standard InChI is InChI=1S/C30H32Cl2F3N3O4S/c1-29(2,3)36-28(40)26(16-20-9-6-5-7-10-20)37(18-21-13-14-24(31)25(32)15-21)27(39)19-38(43(4,41)42)23-12-8-11-22(17-23)30(33,34)35/h5-15,17,26H,16,18-19H2,1-4H3,(H,36,40). The highest BCUT2D eigenvalue weighted by atomic mass is 35.5. The minimum Gasteiger partial charge on any atom is -0.350 e. The van der Waals surface area contributed by atoms with E-state index in [1.165, 1.54) is 23.1 Å². The number of alkyl halides is 3. The molecule has 13 heteroatoms. The molecule has 7 nitrogen and oxygen atoms in total. The summed E-state index contributed by atoms with van der Waals surface area (Å²) in [5, 5.41) is 3.35. The summed E-state index contributed by atoms with van der Waals surface area (Å²) in [5.41, 5.74) is -0.888. The number of nitrogens with zero attached hydrogens (tertiary/aromatic N) is 2. The van der Waals surface area contributed by atoms with Crippen molar-refractivity contribution in [3.8, 4) is 0 Å². The number of carbonyl (C=O) groups excluding carboxylic acids is 2. The lowest BCUT2D eigenvalue weighted by atomic mass is 10.0. The van der Waals surface area contributed by atoms with E-state index in [0.29, 0.717) is 15.9 Å². The van der Waals surface area contributed by atoms with Crippen molar-refractivity contribution in [3.63, 3.8) is 0 Å². The molecule has 1 N–H and O–H groups in total. The Morgan fingerprint density at radius 1 is 0.884 bits per heavy atom. The van der Waals surface area contributed by atoms with Crippen molar-refractivity contribution in [1.82, 2.24) is 10.2 Å². The van der Waals surface area contributed by atoms with Crippen molar-refractivity contribution in [1.29, 1.82) is 0 Å². The van der Waals surface area contributed by atoms with Gasteiger partial charge in [0.1, 0.15) is 12.6 Å². The third-order valence-electron chi connectivity index (χ3n) is 6.25. The molecule has 3 aromatic carbocycles. The van der Waals surface area contributed by atoms with Crippen LogP contribution in [0, 0.1) is 0 Å². The molecule has 3 aromatic rings. The van der Waals surface area contributed by atoms with E-state index in [4.69, 9.17) is 23.2 Å². The molecule has 0 saturated heterocycles. The molecular weight excluding hydrogens is 626 g/mol. The molecule has 0 aliphatic heterocycles. The van der Waals surface area contributed by atoms with Crippen LogP contribution in [-0.2, 0) is 38.8 Å². The first-order valence-electron chi connectivity index (χ1n) is 13.1. The molecule has 0 fully saturated rings. The second-order valence-corrected chi connectivity index (χ2v) is 13.8. The van der Waals surface area contributed by atoms with Crippen molar-refractivity contribution >= 4 is 50.7 Å². The zero-order valence-corrected chi connectivity index (χ0v) is 26.3. The Morgan fingerprint density at radius 2 is 1.53 bits per heavy atom. The largest absolute Gasteiger partial charge is 0.416 e. The van der Waals surface area contributed by atoms with Crippen LogP contribution in [-0.4, -0.2) is 49.5 Å². The molecule has 43 heavy (non-hydrogen) atoms. The molecule has 232 valence electrons. The molecule has 1 unspecified atom stereocenters. The van der Waals surface area contributed by atoms with E-state index in [-0.39, 0.29) is 28.7 Å². The Hall–Kier alpha value is -3.28. The lowest BCUT2D eigenvalue weighted by Crippen LogP contribution is -2.56. The number of hydrogen-bond donors (Lipinski definition) is 1. The van der Waals surface area contributed by atoms with Gasteiger partial charge in [-0.1, -0.05) is 65.7 Å². The molecule has 0 saturated carbocycles. The summed E-state index contributed by atoms with van der Waals surface area (Å²) in [4.78, 5) is 29.0. The van der Waals surface area contributed by atoms with Gasteiger partial charge >= 0.3 is 6.18 Å². The average molecular weight is 659 g/mol. The van der Waals surface area contributed by atoms with Crippen LogP contribution < -0.4 is 9.62 Å². The van der Waals surface area contributed by atoms with Gasteiger partial charge in [-0.3, -0.25) is 13.9 Å². The van der Waals surface area contributed by atoms with E-state index in [1.807, 2.05) is 0 Å². The molecule has 0 heterocycles. The monoisotopic (exact) mass is 657 g/mol. The Morgan fingerprint density at radius 3 is 2.09 bits per heavy atom. The van der Waals surface area contributed by atoms with Crippen LogP contribution in [0.2, 0.25) is 10.0 Å². The molecular formula is C30H32Cl2F3N3O4S. The summed E-state index contributed by atoms with van der Waals surface area (Å²) in [6, 6.07) is 16.1. The van der Waals surface area contributed by atoms with Crippen LogP contribution in [0.3, 0.4) is 0 Å². The van der Waals surface area contributed by atoms with Crippen molar-refractivity contribution in [2.45, 2.75) is 51.5 Å². The topological polar surface area (TPSA) is 86.8 Å². The highest BCUT2D eigenvalue weighted by molar-refractivity contribution is 7.92. The van der Waals surface area contributed by atoms with Gasteiger partial charge in [0.05, 0.1) is 27.6 Å². The van der Waals surface area contributed by atoms with Gasteiger partial charge in [0.25, 0.3) is 0 Å². The van der Waals surface area contributed by atoms with Crippen molar-refractivity contribution in [2.75, 3.05) is 17.1 Å². The van der Waals surface area contributed by atoms with Gasteiger partial charge in [0, 0.05) is 18.5 Å². The molecule has 0 aliphatic carbocycles. The number of sulfonamides is 1. The molecule has 3 rings (SSSR count). The number of hydrogen-bond acceptors (Lipinski definition) is 4. The zero-order valence-electron chi connectivity index (χ0n) is 24.0. The van der Waals surface area contributed by atoms with Gasteiger partial charge in [-0.25, -0.2) is 8.42 Å². The maximum Gasteiger partial charge on any atom is 0.416 e. The summed E-state index contributed by atoms with van der Waals surface area (Å²) >= 11 is 12.3. The molecule has 0 aromatic heterocycles. The van der Waals surface area contributed by atoms with Crippen molar-refractivity contribution in [2.24, 2.45) is 0 Å². The quantitative estimate of drug-likeness (QED) is 0.276. The highest BCUT2D eigenvalue weighted by Gasteiger charge is 2.35. The SMILES string of the molecule is CC(C)(C)NC(=O)C(Cc1ccccc1)N(Cc1ccc(Cl)c(Cl)c1)C(=O)CN(c1cccc(C(F)(F)F)c1)S(C)(=O)=O. The highest BCUT2D eigenvalue weighted by Crippen LogP contribution is 2.32. The second-order valence-electron chi connectivity index (χ2n) is 11.0. The van der Waals surface area contributed by atoms with Crippen LogP contribution >= 0.6 is 23.2 Å². The third-order valence-corrected chi connectivity index (χ3v) is 8.13. The van der Waals surface area contributed by atoms with E-state index in [1.54, 1.807) is 57.2 Å². The number of nitrogens with one attached hydrogen (secondary N) is 1. The second kappa shape index (κ2) is 13.6. The summed E-state index contributed by atoms with van der Waals surface area (Å²) in [6.07, 6.45) is -3.88. The Balaban J connectivity index is 2.12. The van der Waals surface area contributed by atoms with E-state index in [2.05, 4.69) is 5.32 Å². The smallest absolute Gasteiger partial charge is 0.350 e. The Labute approximate surface area is 259 Å². The van der Waals surface area contributed by atoms with E-state index < -0.39 is 51.7 Å². The molecule has 0 aliphatic rings. The lowest BCUT2D eigenvalue weighted by molar-refractivity contribution is -0.140. The summed E-state index contributed by atoms with van der Waals surface area (Å²) in [7, 11) is -4.25. The minimum atomic E-state index is -4.74. The zero-order chi connectivity index (χ0) is 32.2. The maximum absolute atomic E-state index is 14.1. The average Bonchev–Trinajstić information content (AvgIpc) is 2.89. The molecule has 0 bridgehead atoms. The van der Waals surface area contributed by atoms with Crippen LogP contribution in [0.4, 0.5) is 18.9 Å².